The van der Waals surface area contributed by atoms with E-state index >= 15 is 0 Å². The minimum atomic E-state index is 0.382. The molecule has 2 N–H and O–H groups in total. The summed E-state index contributed by atoms with van der Waals surface area (Å²) in [6, 6.07) is 9.06. The highest BCUT2D eigenvalue weighted by molar-refractivity contribution is 5.79. The highest BCUT2D eigenvalue weighted by Crippen LogP contribution is 2.08. The van der Waals surface area contributed by atoms with Gasteiger partial charge in [0.05, 0.1) is 6.54 Å². The fourth-order valence-corrected chi connectivity index (χ4v) is 2.01. The molecule has 21 heavy (non-hydrogen) atoms. The van der Waals surface area contributed by atoms with Crippen LogP contribution in [-0.4, -0.2) is 37.0 Å². The number of guanidine groups is 1. The van der Waals surface area contributed by atoms with Crippen molar-refractivity contribution in [3.05, 3.63) is 35.4 Å². The number of benzene rings is 1. The summed E-state index contributed by atoms with van der Waals surface area (Å²) in [6.45, 7) is 12.1. The van der Waals surface area contributed by atoms with Gasteiger partial charge in [-0.3, -0.25) is 0 Å². The Morgan fingerprint density at radius 1 is 1.24 bits per heavy atom. The Balaban J connectivity index is 2.70. The van der Waals surface area contributed by atoms with Gasteiger partial charge >= 0.3 is 0 Å². The highest BCUT2D eigenvalue weighted by atomic mass is 15.2. The Morgan fingerprint density at radius 3 is 2.57 bits per heavy atom. The second kappa shape index (κ2) is 9.40. The lowest BCUT2D eigenvalue weighted by Crippen LogP contribution is -2.41. The molecule has 1 aromatic carbocycles. The molecule has 0 aliphatic heterocycles. The van der Waals surface area contributed by atoms with Gasteiger partial charge in [0, 0.05) is 19.1 Å². The van der Waals surface area contributed by atoms with Crippen molar-refractivity contribution in [2.24, 2.45) is 4.99 Å². The third-order valence-electron chi connectivity index (χ3n) is 3.17. The van der Waals surface area contributed by atoms with Gasteiger partial charge in [-0.25, -0.2) is 4.99 Å². The molecule has 4 nitrogen and oxygen atoms in total. The van der Waals surface area contributed by atoms with Crippen molar-refractivity contribution in [3.8, 4) is 0 Å². The monoisotopic (exact) mass is 290 g/mol. The summed E-state index contributed by atoms with van der Waals surface area (Å²) in [4.78, 5) is 6.94. The summed E-state index contributed by atoms with van der Waals surface area (Å²) in [5.41, 5.74) is 2.59. The summed E-state index contributed by atoms with van der Waals surface area (Å²) in [6.07, 6.45) is 0. The minimum absolute atomic E-state index is 0.382. The third-order valence-corrected chi connectivity index (χ3v) is 3.17. The first-order chi connectivity index (χ1) is 10.0. The zero-order valence-electron chi connectivity index (χ0n) is 14.1. The van der Waals surface area contributed by atoms with E-state index in [2.05, 4.69) is 79.5 Å². The van der Waals surface area contributed by atoms with Crippen LogP contribution in [0.1, 0.15) is 38.8 Å². The normalized spacial score (nSPS) is 12.0. The second-order valence-electron chi connectivity index (χ2n) is 5.64. The molecule has 0 aliphatic carbocycles. The van der Waals surface area contributed by atoms with E-state index in [4.69, 9.17) is 0 Å². The molecule has 0 unspecified atom stereocenters. The summed E-state index contributed by atoms with van der Waals surface area (Å²) in [5.74, 6) is 0.878. The minimum Gasteiger partial charge on any atom is -0.357 e. The lowest BCUT2D eigenvalue weighted by atomic mass is 10.1. The van der Waals surface area contributed by atoms with Crippen molar-refractivity contribution in [1.82, 2.24) is 15.5 Å². The van der Waals surface area contributed by atoms with Crippen molar-refractivity contribution < 1.29 is 0 Å². The maximum Gasteiger partial charge on any atom is 0.191 e. The van der Waals surface area contributed by atoms with Crippen molar-refractivity contribution in [3.63, 3.8) is 0 Å². The molecular weight excluding hydrogens is 260 g/mol. The number of aliphatic imine (C=N–C) groups is 1. The smallest absolute Gasteiger partial charge is 0.191 e. The third kappa shape index (κ3) is 7.14. The fraction of sp³-hybridized carbons (Fsp3) is 0.588. The summed E-state index contributed by atoms with van der Waals surface area (Å²) in [7, 11) is 2.14. The maximum absolute atomic E-state index is 4.65. The summed E-state index contributed by atoms with van der Waals surface area (Å²) < 4.78 is 0. The van der Waals surface area contributed by atoms with Crippen LogP contribution in [-0.2, 0) is 13.1 Å². The molecule has 118 valence electrons. The van der Waals surface area contributed by atoms with E-state index in [1.54, 1.807) is 0 Å². The van der Waals surface area contributed by atoms with Crippen LogP contribution in [0, 0.1) is 0 Å². The van der Waals surface area contributed by atoms with E-state index in [1.807, 2.05) is 0 Å². The van der Waals surface area contributed by atoms with Crippen LogP contribution in [0.15, 0.2) is 29.3 Å². The van der Waals surface area contributed by atoms with Gasteiger partial charge in [0.2, 0.25) is 0 Å². The molecule has 0 fully saturated rings. The standard InChI is InChI=1S/C17H30N4/c1-6-18-17(20-14(3)4)19-12-15-9-8-10-16(11-15)13-21(5)7-2/h8-11,14H,6-7,12-13H2,1-5H3,(H2,18,19,20). The molecule has 1 aromatic rings. The molecule has 0 heterocycles. The lowest BCUT2D eigenvalue weighted by Gasteiger charge is -2.15. The predicted octanol–water partition coefficient (Wildman–Crippen LogP) is 2.60. The van der Waals surface area contributed by atoms with Crippen LogP contribution in [0.4, 0.5) is 0 Å². The van der Waals surface area contributed by atoms with Crippen LogP contribution in [0.3, 0.4) is 0 Å². The average molecular weight is 290 g/mol. The fourth-order valence-electron chi connectivity index (χ4n) is 2.01. The SMILES string of the molecule is CCNC(=NCc1cccc(CN(C)CC)c1)NC(C)C. The molecule has 0 aromatic heterocycles. The van der Waals surface area contributed by atoms with Gasteiger partial charge in [-0.2, -0.15) is 0 Å². The van der Waals surface area contributed by atoms with Crippen molar-refractivity contribution in [2.75, 3.05) is 20.1 Å². The van der Waals surface area contributed by atoms with Crippen molar-refractivity contribution in [1.29, 1.82) is 0 Å². The molecule has 0 bridgehead atoms. The van der Waals surface area contributed by atoms with E-state index in [1.165, 1.54) is 11.1 Å². The molecule has 0 aliphatic rings. The van der Waals surface area contributed by atoms with Crippen molar-refractivity contribution in [2.45, 2.75) is 46.8 Å². The molecule has 0 atom stereocenters. The van der Waals surface area contributed by atoms with Gasteiger partial charge in [-0.15, -0.1) is 0 Å². The zero-order valence-corrected chi connectivity index (χ0v) is 14.1. The Morgan fingerprint density at radius 2 is 1.95 bits per heavy atom. The van der Waals surface area contributed by atoms with E-state index < -0.39 is 0 Å². The van der Waals surface area contributed by atoms with E-state index in [0.717, 1.165) is 25.6 Å². The Bertz CT molecular complexity index is 440. The Kier molecular flexibility index (Phi) is 7.83. The van der Waals surface area contributed by atoms with E-state index in [0.29, 0.717) is 12.6 Å². The number of rotatable bonds is 7. The topological polar surface area (TPSA) is 39.7 Å². The number of nitrogens with zero attached hydrogens (tertiary/aromatic N) is 2. The van der Waals surface area contributed by atoms with Gasteiger partial charge in [0.25, 0.3) is 0 Å². The summed E-state index contributed by atoms with van der Waals surface area (Å²) >= 11 is 0. The zero-order chi connectivity index (χ0) is 15.7. The quantitative estimate of drug-likeness (QED) is 0.599. The number of hydrogen-bond acceptors (Lipinski definition) is 2. The van der Waals surface area contributed by atoms with Gasteiger partial charge < -0.3 is 15.5 Å². The average Bonchev–Trinajstić information content (AvgIpc) is 2.45. The van der Waals surface area contributed by atoms with Crippen LogP contribution in [0.25, 0.3) is 0 Å². The number of nitrogens with one attached hydrogen (secondary N) is 2. The first kappa shape index (κ1) is 17.5. The summed E-state index contributed by atoms with van der Waals surface area (Å²) in [5, 5.41) is 6.61. The van der Waals surface area contributed by atoms with E-state index in [-0.39, 0.29) is 0 Å². The predicted molar refractivity (Wildman–Crippen MR) is 91.5 cm³/mol. The second-order valence-corrected chi connectivity index (χ2v) is 5.64. The largest absolute Gasteiger partial charge is 0.357 e. The van der Waals surface area contributed by atoms with Gasteiger partial charge in [0.1, 0.15) is 0 Å². The Labute approximate surface area is 129 Å². The first-order valence-electron chi connectivity index (χ1n) is 7.86. The molecule has 0 radical (unpaired) electrons. The molecule has 4 heteroatoms. The number of hydrogen-bond donors (Lipinski definition) is 2. The molecule has 0 saturated heterocycles. The van der Waals surface area contributed by atoms with Crippen LogP contribution < -0.4 is 10.6 Å². The molecule has 0 spiro atoms. The molecule has 1 rings (SSSR count). The van der Waals surface area contributed by atoms with Crippen LogP contribution in [0.5, 0.6) is 0 Å². The van der Waals surface area contributed by atoms with Gasteiger partial charge in [0.15, 0.2) is 5.96 Å². The maximum atomic E-state index is 4.65. The Hall–Kier alpha value is -1.55. The highest BCUT2D eigenvalue weighted by Gasteiger charge is 2.02. The molecule has 0 amide bonds. The first-order valence-corrected chi connectivity index (χ1v) is 7.86. The van der Waals surface area contributed by atoms with Gasteiger partial charge in [-0.05, 0) is 45.5 Å². The molecule has 0 saturated carbocycles. The van der Waals surface area contributed by atoms with Crippen LogP contribution >= 0.6 is 0 Å². The van der Waals surface area contributed by atoms with Crippen LogP contribution in [0.2, 0.25) is 0 Å². The van der Waals surface area contributed by atoms with Gasteiger partial charge in [-0.1, -0.05) is 31.2 Å². The lowest BCUT2D eigenvalue weighted by molar-refractivity contribution is 0.345. The molecular formula is C17H30N4. The van der Waals surface area contributed by atoms with Crippen molar-refractivity contribution >= 4 is 5.96 Å². The van der Waals surface area contributed by atoms with E-state index in [9.17, 15) is 0 Å².